The molecule has 0 unspecified atom stereocenters. The Balaban J connectivity index is -0.000000266. The monoisotopic (exact) mass is 254 g/mol. The molecule has 0 saturated carbocycles. The van der Waals surface area contributed by atoms with Crippen molar-refractivity contribution in [1.29, 1.82) is 0 Å². The van der Waals surface area contributed by atoms with Gasteiger partial charge in [-0.3, -0.25) is 0 Å². The minimum Gasteiger partial charge on any atom is -0.385 e. The quantitative estimate of drug-likeness (QED) is 0.688. The van der Waals surface area contributed by atoms with Crippen molar-refractivity contribution in [3.63, 3.8) is 0 Å². The molecule has 0 bridgehead atoms. The molecule has 0 aliphatic carbocycles. The van der Waals surface area contributed by atoms with Crippen LogP contribution in [-0.4, -0.2) is 13.7 Å². The van der Waals surface area contributed by atoms with Crippen LogP contribution in [0.25, 0.3) is 0 Å². The first-order chi connectivity index (χ1) is 9.24. The molecule has 1 heteroatoms. The number of ether oxygens (including phenoxy) is 1. The molecule has 0 aromatic carbocycles. The molecular weight excluding hydrogens is 232 g/mol. The Labute approximate surface area is 119 Å². The Morgan fingerprint density at radius 2 is 1.26 bits per heavy atom. The van der Waals surface area contributed by atoms with E-state index < -0.39 is 0 Å². The van der Waals surface area contributed by atoms with Crippen molar-refractivity contribution in [1.82, 2.24) is 0 Å². The first-order valence-corrected chi connectivity index (χ1v) is 6.11. The van der Waals surface area contributed by atoms with Gasteiger partial charge in [0.15, 0.2) is 0 Å². The van der Waals surface area contributed by atoms with Gasteiger partial charge >= 0.3 is 0 Å². The Morgan fingerprint density at radius 3 is 1.53 bits per heavy atom. The highest BCUT2D eigenvalue weighted by atomic mass is 16.5. The molecule has 0 radical (unpaired) electrons. The van der Waals surface area contributed by atoms with Crippen LogP contribution in [0, 0.1) is 59.7 Å². The van der Waals surface area contributed by atoms with Crippen molar-refractivity contribution in [2.45, 2.75) is 40.5 Å². The molecule has 0 heterocycles. The van der Waals surface area contributed by atoms with E-state index in [4.69, 9.17) is 11.2 Å². The molecule has 0 fully saturated rings. The van der Waals surface area contributed by atoms with Crippen molar-refractivity contribution < 1.29 is 4.74 Å². The maximum Gasteiger partial charge on any atom is 0.0459 e. The minimum atomic E-state index is 0.889. The zero-order valence-corrected chi connectivity index (χ0v) is 12.6. The highest BCUT2D eigenvalue weighted by molar-refractivity contribution is 5.41. The van der Waals surface area contributed by atoms with Crippen LogP contribution in [0.5, 0.6) is 0 Å². The lowest BCUT2D eigenvalue weighted by Gasteiger charge is -1.84. The van der Waals surface area contributed by atoms with E-state index in [1.807, 2.05) is 0 Å². The summed E-state index contributed by atoms with van der Waals surface area (Å²) in [7, 11) is 1.71. The number of methoxy groups -OCH3 is 1. The molecule has 0 aliphatic rings. The lowest BCUT2D eigenvalue weighted by molar-refractivity contribution is 0.199. The second-order valence-electron chi connectivity index (χ2n) is 2.97. The SMILES string of the molecule is C#CC#CC#CC#CC#CC.CCC.CCCOC. The van der Waals surface area contributed by atoms with Crippen LogP contribution in [-0.2, 0) is 4.74 Å². The van der Waals surface area contributed by atoms with Crippen LogP contribution in [0.15, 0.2) is 0 Å². The molecule has 0 saturated heterocycles. The van der Waals surface area contributed by atoms with Gasteiger partial charge in [-0.2, -0.15) is 0 Å². The van der Waals surface area contributed by atoms with E-state index >= 15 is 0 Å². The van der Waals surface area contributed by atoms with Gasteiger partial charge in [-0.15, -0.1) is 6.42 Å². The summed E-state index contributed by atoms with van der Waals surface area (Å²) < 4.78 is 4.69. The van der Waals surface area contributed by atoms with Gasteiger partial charge in [0.2, 0.25) is 0 Å². The number of terminal acetylenes is 1. The van der Waals surface area contributed by atoms with E-state index in [-0.39, 0.29) is 0 Å². The highest BCUT2D eigenvalue weighted by Gasteiger charge is 1.66. The molecule has 0 spiro atoms. The van der Waals surface area contributed by atoms with Gasteiger partial charge in [-0.25, -0.2) is 0 Å². The van der Waals surface area contributed by atoms with Crippen molar-refractivity contribution >= 4 is 0 Å². The van der Waals surface area contributed by atoms with Gasteiger partial charge in [0.25, 0.3) is 0 Å². The van der Waals surface area contributed by atoms with Crippen molar-refractivity contribution in [3.05, 3.63) is 0 Å². The van der Waals surface area contributed by atoms with Gasteiger partial charge < -0.3 is 4.74 Å². The van der Waals surface area contributed by atoms with Gasteiger partial charge in [0.1, 0.15) is 0 Å². The van der Waals surface area contributed by atoms with Crippen LogP contribution in [0.1, 0.15) is 40.5 Å². The summed E-state index contributed by atoms with van der Waals surface area (Å²) in [6.45, 7) is 8.93. The Morgan fingerprint density at radius 1 is 0.842 bits per heavy atom. The standard InChI is InChI=1S/C11H4.C4H10O.C3H8/c1-3-5-7-9-11-10-8-6-4-2;1-3-4-5-2;1-3-2/h1H,2H3;3-4H2,1-2H3;3H2,1-2H3. The van der Waals surface area contributed by atoms with E-state index in [1.54, 1.807) is 14.0 Å². The largest absolute Gasteiger partial charge is 0.385 e. The molecule has 1 nitrogen and oxygen atoms in total. The molecule has 100 valence electrons. The lowest BCUT2D eigenvalue weighted by atomic mass is 10.5. The van der Waals surface area contributed by atoms with Gasteiger partial charge in [-0.05, 0) is 60.7 Å². The molecule has 0 amide bonds. The van der Waals surface area contributed by atoms with Crippen LogP contribution in [0.4, 0.5) is 0 Å². The highest BCUT2D eigenvalue weighted by Crippen LogP contribution is 1.70. The van der Waals surface area contributed by atoms with E-state index in [2.05, 4.69) is 74.1 Å². The lowest BCUT2D eigenvalue weighted by Crippen LogP contribution is -1.80. The number of hydrogen-bond donors (Lipinski definition) is 0. The molecule has 0 aromatic heterocycles. The smallest absolute Gasteiger partial charge is 0.0459 e. The summed E-state index contributed by atoms with van der Waals surface area (Å²) in [5.74, 6) is 22.0. The molecule has 0 rings (SSSR count). The predicted octanol–water partition coefficient (Wildman–Crippen LogP) is 3.11. The first-order valence-electron chi connectivity index (χ1n) is 6.11. The molecular formula is C18H22O. The fourth-order valence-corrected chi connectivity index (χ4v) is 0.459. The summed E-state index contributed by atoms with van der Waals surface area (Å²) in [5, 5.41) is 0. The maximum absolute atomic E-state index is 4.84. The number of rotatable bonds is 2. The maximum atomic E-state index is 4.84. The van der Waals surface area contributed by atoms with Crippen LogP contribution in [0.3, 0.4) is 0 Å². The summed E-state index contributed by atoms with van der Waals surface area (Å²) in [5.41, 5.74) is 0. The fourth-order valence-electron chi connectivity index (χ4n) is 0.459. The zero-order chi connectivity index (χ0) is 15.2. The third-order valence-corrected chi connectivity index (χ3v) is 0.980. The predicted molar refractivity (Wildman–Crippen MR) is 83.7 cm³/mol. The third kappa shape index (κ3) is 49.6. The third-order valence-electron chi connectivity index (χ3n) is 0.980. The average molecular weight is 254 g/mol. The summed E-state index contributed by atoms with van der Waals surface area (Å²) in [6, 6.07) is 0. The molecule has 19 heavy (non-hydrogen) atoms. The van der Waals surface area contributed by atoms with Gasteiger partial charge in [0, 0.05) is 13.7 Å². The molecule has 0 N–H and O–H groups in total. The Hall–Kier alpha value is -2.24. The second-order valence-corrected chi connectivity index (χ2v) is 2.97. The van der Waals surface area contributed by atoms with Crippen molar-refractivity contribution in [2.75, 3.05) is 13.7 Å². The van der Waals surface area contributed by atoms with Gasteiger partial charge in [0.05, 0.1) is 0 Å². The van der Waals surface area contributed by atoms with Crippen LogP contribution < -0.4 is 0 Å². The molecule has 0 aliphatic heterocycles. The molecule has 0 atom stereocenters. The van der Waals surface area contributed by atoms with Gasteiger partial charge in [-0.1, -0.05) is 33.1 Å². The van der Waals surface area contributed by atoms with Crippen molar-refractivity contribution in [2.24, 2.45) is 0 Å². The molecule has 0 aromatic rings. The Kier molecular flexibility index (Phi) is 34.3. The van der Waals surface area contributed by atoms with E-state index in [1.165, 1.54) is 6.42 Å². The summed E-state index contributed by atoms with van der Waals surface area (Å²) in [4.78, 5) is 0. The van der Waals surface area contributed by atoms with E-state index in [9.17, 15) is 0 Å². The number of hydrogen-bond acceptors (Lipinski definition) is 1. The van der Waals surface area contributed by atoms with E-state index in [0.29, 0.717) is 0 Å². The summed E-state index contributed by atoms with van der Waals surface area (Å²) >= 11 is 0. The zero-order valence-electron chi connectivity index (χ0n) is 12.6. The van der Waals surface area contributed by atoms with Crippen LogP contribution >= 0.6 is 0 Å². The average Bonchev–Trinajstić information content (AvgIpc) is 2.40. The topological polar surface area (TPSA) is 9.23 Å². The first kappa shape index (κ1) is 22.0. The minimum absolute atomic E-state index is 0.889. The second kappa shape index (κ2) is 29.7. The van der Waals surface area contributed by atoms with Crippen LogP contribution in [0.2, 0.25) is 0 Å². The normalized spacial score (nSPS) is 5.26. The van der Waals surface area contributed by atoms with Crippen molar-refractivity contribution in [3.8, 4) is 59.7 Å². The van der Waals surface area contributed by atoms with E-state index in [0.717, 1.165) is 13.0 Å². The Bertz CT molecular complexity index is 445. The summed E-state index contributed by atoms with van der Waals surface area (Å²) in [6.07, 6.45) is 7.21. The fraction of sp³-hybridized carbons (Fsp3) is 0.444.